The van der Waals surface area contributed by atoms with E-state index in [9.17, 15) is 14.4 Å². The Kier molecular flexibility index (Phi) is 8.12. The van der Waals surface area contributed by atoms with Gasteiger partial charge in [-0.15, -0.1) is 0 Å². The largest absolute Gasteiger partial charge is 0.481 e. The topological polar surface area (TPSA) is 186 Å². The summed E-state index contributed by atoms with van der Waals surface area (Å²) in [5, 5.41) is 16.1. The molecule has 30 heavy (non-hydrogen) atoms. The summed E-state index contributed by atoms with van der Waals surface area (Å²) in [5.74, 6) is -2.45. The van der Waals surface area contributed by atoms with Gasteiger partial charge in [0.2, 0.25) is 11.8 Å². The van der Waals surface area contributed by atoms with E-state index in [0.717, 1.165) is 10.8 Å². The Morgan fingerprint density at radius 3 is 2.40 bits per heavy atom. The molecule has 0 bridgehead atoms. The quantitative estimate of drug-likeness (QED) is 0.181. The molecule has 2 aromatic rings. The second-order valence-corrected chi connectivity index (χ2v) is 6.77. The first-order valence-electron chi connectivity index (χ1n) is 9.39. The first-order valence-corrected chi connectivity index (χ1v) is 9.39. The smallest absolute Gasteiger partial charge is 0.305 e. The summed E-state index contributed by atoms with van der Waals surface area (Å²) >= 11 is 0. The van der Waals surface area contributed by atoms with Crippen molar-refractivity contribution in [3.63, 3.8) is 0 Å². The number of nitrogens with one attached hydrogen (secondary N) is 2. The van der Waals surface area contributed by atoms with Crippen LogP contribution in [0.3, 0.4) is 0 Å². The zero-order valence-electron chi connectivity index (χ0n) is 16.4. The van der Waals surface area contributed by atoms with Gasteiger partial charge in [-0.05, 0) is 35.7 Å². The fourth-order valence-electron chi connectivity index (χ4n) is 2.83. The van der Waals surface area contributed by atoms with Gasteiger partial charge in [0.15, 0.2) is 5.96 Å². The van der Waals surface area contributed by atoms with Crippen LogP contribution in [0.5, 0.6) is 0 Å². The van der Waals surface area contributed by atoms with E-state index in [1.807, 2.05) is 36.4 Å². The molecule has 2 rings (SSSR count). The van der Waals surface area contributed by atoms with Crippen LogP contribution >= 0.6 is 0 Å². The number of hydrogen-bond acceptors (Lipinski definition) is 5. The minimum absolute atomic E-state index is 0.0697. The Balaban J connectivity index is 2.09. The number of carboxylic acid groups (broad SMARTS) is 1. The monoisotopic (exact) mass is 414 g/mol. The minimum Gasteiger partial charge on any atom is -0.481 e. The number of anilines is 1. The number of fused-ring (bicyclic) bond motifs is 1. The van der Waals surface area contributed by atoms with Crippen molar-refractivity contribution in [3.8, 4) is 0 Å². The molecule has 9 N–H and O–H groups in total. The Morgan fingerprint density at radius 2 is 1.73 bits per heavy atom. The van der Waals surface area contributed by atoms with E-state index in [2.05, 4.69) is 15.6 Å². The molecule has 0 radical (unpaired) electrons. The summed E-state index contributed by atoms with van der Waals surface area (Å²) in [6.07, 6.45) is 0.114. The van der Waals surface area contributed by atoms with Crippen molar-refractivity contribution in [3.05, 3.63) is 42.5 Å². The van der Waals surface area contributed by atoms with Crippen molar-refractivity contribution in [2.75, 3.05) is 11.9 Å². The molecule has 10 heteroatoms. The van der Waals surface area contributed by atoms with E-state index in [0.29, 0.717) is 12.1 Å². The summed E-state index contributed by atoms with van der Waals surface area (Å²) in [6, 6.07) is 10.9. The van der Waals surface area contributed by atoms with Gasteiger partial charge in [-0.1, -0.05) is 30.3 Å². The molecule has 0 aromatic heterocycles. The van der Waals surface area contributed by atoms with Crippen LogP contribution in [0.2, 0.25) is 0 Å². The van der Waals surface area contributed by atoms with E-state index in [1.165, 1.54) is 0 Å². The maximum atomic E-state index is 12.8. The molecule has 2 aromatic carbocycles. The average Bonchev–Trinajstić information content (AvgIpc) is 2.69. The number of aliphatic imine (C=N–C) groups is 1. The molecule has 160 valence electrons. The van der Waals surface area contributed by atoms with Gasteiger partial charge in [-0.25, -0.2) is 0 Å². The van der Waals surface area contributed by atoms with Crippen LogP contribution in [0, 0.1) is 0 Å². The number of carboxylic acids is 1. The van der Waals surface area contributed by atoms with Gasteiger partial charge >= 0.3 is 5.97 Å². The van der Waals surface area contributed by atoms with Crippen molar-refractivity contribution in [1.82, 2.24) is 5.32 Å². The van der Waals surface area contributed by atoms with Gasteiger partial charge in [0.25, 0.3) is 0 Å². The number of benzene rings is 2. The van der Waals surface area contributed by atoms with Crippen LogP contribution in [0.4, 0.5) is 5.69 Å². The van der Waals surface area contributed by atoms with Crippen LogP contribution in [-0.2, 0) is 14.4 Å². The Hall–Kier alpha value is -3.66. The minimum atomic E-state index is -1.27. The summed E-state index contributed by atoms with van der Waals surface area (Å²) in [4.78, 5) is 39.6. The Bertz CT molecular complexity index is 942. The zero-order valence-corrected chi connectivity index (χ0v) is 16.4. The van der Waals surface area contributed by atoms with Gasteiger partial charge in [0.1, 0.15) is 6.04 Å². The average molecular weight is 414 g/mol. The lowest BCUT2D eigenvalue weighted by Crippen LogP contribution is -2.50. The van der Waals surface area contributed by atoms with Gasteiger partial charge < -0.3 is 32.9 Å². The van der Waals surface area contributed by atoms with E-state index in [4.69, 9.17) is 22.3 Å². The molecular formula is C20H26N6O4. The molecule has 2 atom stereocenters. The summed E-state index contributed by atoms with van der Waals surface area (Å²) in [6.45, 7) is 0.277. The highest BCUT2D eigenvalue weighted by atomic mass is 16.4. The maximum absolute atomic E-state index is 12.8. The number of carbonyl (C=O) groups is 3. The zero-order chi connectivity index (χ0) is 22.1. The highest BCUT2D eigenvalue weighted by Gasteiger charge is 2.25. The van der Waals surface area contributed by atoms with Gasteiger partial charge in [0.05, 0.1) is 12.5 Å². The molecular weight excluding hydrogens is 388 g/mol. The predicted octanol–water partition coefficient (Wildman–Crippen LogP) is 0.119. The number of amides is 2. The van der Waals surface area contributed by atoms with Crippen molar-refractivity contribution < 1.29 is 19.5 Å². The molecule has 2 unspecified atom stereocenters. The van der Waals surface area contributed by atoms with E-state index >= 15 is 0 Å². The first-order chi connectivity index (χ1) is 14.3. The molecule has 10 nitrogen and oxygen atoms in total. The highest BCUT2D eigenvalue weighted by molar-refractivity contribution is 5.99. The third-order valence-electron chi connectivity index (χ3n) is 4.33. The fraction of sp³-hybridized carbons (Fsp3) is 0.300. The third kappa shape index (κ3) is 7.06. The molecule has 0 saturated heterocycles. The summed E-state index contributed by atoms with van der Waals surface area (Å²) in [5.41, 5.74) is 16.7. The van der Waals surface area contributed by atoms with Crippen molar-refractivity contribution in [1.29, 1.82) is 0 Å². The fourth-order valence-corrected chi connectivity index (χ4v) is 2.83. The normalized spacial score (nSPS) is 12.6. The second-order valence-electron chi connectivity index (χ2n) is 6.77. The predicted molar refractivity (Wildman–Crippen MR) is 115 cm³/mol. The molecule has 0 fully saturated rings. The van der Waals surface area contributed by atoms with Crippen molar-refractivity contribution in [2.24, 2.45) is 22.2 Å². The molecule has 0 aliphatic heterocycles. The number of nitrogens with zero attached hydrogens (tertiary/aromatic N) is 1. The van der Waals surface area contributed by atoms with Crippen molar-refractivity contribution >= 4 is 40.2 Å². The van der Waals surface area contributed by atoms with Gasteiger partial charge in [0, 0.05) is 12.2 Å². The third-order valence-corrected chi connectivity index (χ3v) is 4.33. The maximum Gasteiger partial charge on any atom is 0.305 e. The lowest BCUT2D eigenvalue weighted by atomic mass is 10.1. The number of nitrogens with two attached hydrogens (primary N) is 3. The van der Waals surface area contributed by atoms with Crippen LogP contribution < -0.4 is 27.8 Å². The van der Waals surface area contributed by atoms with Crippen LogP contribution in [0.15, 0.2) is 47.5 Å². The van der Waals surface area contributed by atoms with Gasteiger partial charge in [-0.2, -0.15) is 0 Å². The molecule has 0 heterocycles. The summed E-state index contributed by atoms with van der Waals surface area (Å²) < 4.78 is 0. The van der Waals surface area contributed by atoms with E-state index in [-0.39, 0.29) is 18.9 Å². The first kappa shape index (κ1) is 22.6. The molecule has 0 spiro atoms. The molecule has 0 aliphatic carbocycles. The second kappa shape index (κ2) is 10.8. The highest BCUT2D eigenvalue weighted by Crippen LogP contribution is 2.19. The number of hydrogen-bond donors (Lipinski definition) is 6. The number of rotatable bonds is 10. The van der Waals surface area contributed by atoms with E-state index in [1.54, 1.807) is 6.07 Å². The molecule has 0 aliphatic rings. The van der Waals surface area contributed by atoms with Crippen molar-refractivity contribution in [2.45, 2.75) is 31.3 Å². The standard InChI is InChI=1S/C20H26N6O4/c21-15(11-17(27)28)18(29)26-16(6-3-9-24-20(22)23)19(30)25-14-8-7-12-4-1-2-5-13(12)10-14/h1-2,4-5,7-8,10,15-16H,3,6,9,11,21H2,(H,25,30)(H,26,29)(H,27,28)(H4,22,23,24). The van der Waals surface area contributed by atoms with Crippen LogP contribution in [0.1, 0.15) is 19.3 Å². The number of aliphatic carboxylic acids is 1. The van der Waals surface area contributed by atoms with Gasteiger partial charge in [-0.3, -0.25) is 19.4 Å². The number of carbonyl (C=O) groups excluding carboxylic acids is 2. The van der Waals surface area contributed by atoms with E-state index < -0.39 is 36.3 Å². The lowest BCUT2D eigenvalue weighted by molar-refractivity contribution is -0.139. The number of guanidine groups is 1. The lowest BCUT2D eigenvalue weighted by Gasteiger charge is -2.20. The Morgan fingerprint density at radius 1 is 1.03 bits per heavy atom. The molecule has 0 saturated carbocycles. The SMILES string of the molecule is NC(N)=NCCCC(NC(=O)C(N)CC(=O)O)C(=O)Nc1ccc2ccccc2c1. The van der Waals surface area contributed by atoms with Crippen LogP contribution in [-0.4, -0.2) is 47.5 Å². The molecule has 2 amide bonds. The van der Waals surface area contributed by atoms with Crippen LogP contribution in [0.25, 0.3) is 10.8 Å². The Labute approximate surface area is 173 Å². The summed E-state index contributed by atoms with van der Waals surface area (Å²) in [7, 11) is 0.